The van der Waals surface area contributed by atoms with E-state index in [2.05, 4.69) is 29.5 Å². The number of benzene rings is 1. The lowest BCUT2D eigenvalue weighted by atomic mass is 10.1. The Bertz CT molecular complexity index is 408. The predicted octanol–water partition coefficient (Wildman–Crippen LogP) is 3.54. The second kappa shape index (κ2) is 10.9. The lowest BCUT2D eigenvalue weighted by Crippen LogP contribution is -2.37. The lowest BCUT2D eigenvalue weighted by Gasteiger charge is -2.12. The maximum Gasteiger partial charge on any atom is 0.191 e. The van der Waals surface area contributed by atoms with Crippen LogP contribution in [0.1, 0.15) is 32.3 Å². The zero-order valence-electron chi connectivity index (χ0n) is 12.4. The van der Waals surface area contributed by atoms with E-state index >= 15 is 0 Å². The van der Waals surface area contributed by atoms with Gasteiger partial charge >= 0.3 is 0 Å². The first-order valence-electron chi connectivity index (χ1n) is 6.81. The van der Waals surface area contributed by atoms with Crippen molar-refractivity contribution in [2.45, 2.75) is 33.2 Å². The van der Waals surface area contributed by atoms with Crippen LogP contribution in [0.25, 0.3) is 0 Å². The van der Waals surface area contributed by atoms with Gasteiger partial charge in [-0.1, -0.05) is 32.0 Å². The van der Waals surface area contributed by atoms with E-state index in [1.807, 2.05) is 6.07 Å². The first-order valence-corrected chi connectivity index (χ1v) is 6.81. The van der Waals surface area contributed by atoms with Gasteiger partial charge in [0.2, 0.25) is 0 Å². The number of halogens is 2. The average Bonchev–Trinajstić information content (AvgIpc) is 2.39. The fourth-order valence-electron chi connectivity index (χ4n) is 1.76. The molecule has 0 bridgehead atoms. The van der Waals surface area contributed by atoms with Gasteiger partial charge in [-0.25, -0.2) is 4.39 Å². The largest absolute Gasteiger partial charge is 0.356 e. The Balaban J connectivity index is 0.00000361. The van der Waals surface area contributed by atoms with Gasteiger partial charge in [-0.3, -0.25) is 4.99 Å². The van der Waals surface area contributed by atoms with Crippen molar-refractivity contribution in [2.75, 3.05) is 13.6 Å². The van der Waals surface area contributed by atoms with Crippen LogP contribution < -0.4 is 10.6 Å². The molecule has 0 saturated carbocycles. The van der Waals surface area contributed by atoms with Gasteiger partial charge in [0.1, 0.15) is 5.82 Å². The molecular weight excluding hydrogens is 368 g/mol. The SMILES string of the molecule is CN=C(NCCCC(C)C)NCc1ccccc1F.I. The number of nitrogens with zero attached hydrogens (tertiary/aromatic N) is 1. The third-order valence-corrected chi connectivity index (χ3v) is 2.88. The summed E-state index contributed by atoms with van der Waals surface area (Å²) in [7, 11) is 1.72. The Morgan fingerprint density at radius 3 is 2.55 bits per heavy atom. The third kappa shape index (κ3) is 7.67. The van der Waals surface area contributed by atoms with Crippen molar-refractivity contribution in [3.63, 3.8) is 0 Å². The Hall–Kier alpha value is -0.850. The molecule has 0 spiro atoms. The molecule has 1 aromatic carbocycles. The van der Waals surface area contributed by atoms with Gasteiger partial charge in [-0.2, -0.15) is 0 Å². The normalized spacial score (nSPS) is 11.2. The van der Waals surface area contributed by atoms with Gasteiger partial charge in [-0.05, 0) is 24.8 Å². The molecule has 2 N–H and O–H groups in total. The van der Waals surface area contributed by atoms with Crippen LogP contribution in [-0.2, 0) is 6.54 Å². The molecule has 0 aromatic heterocycles. The second-order valence-electron chi connectivity index (χ2n) is 4.98. The van der Waals surface area contributed by atoms with Crippen molar-refractivity contribution >= 4 is 29.9 Å². The minimum Gasteiger partial charge on any atom is -0.356 e. The van der Waals surface area contributed by atoms with Crippen LogP contribution in [0.5, 0.6) is 0 Å². The van der Waals surface area contributed by atoms with Crippen LogP contribution >= 0.6 is 24.0 Å². The van der Waals surface area contributed by atoms with Gasteiger partial charge in [0.25, 0.3) is 0 Å². The molecular formula is C15H25FIN3. The molecule has 5 heteroatoms. The van der Waals surface area contributed by atoms with E-state index in [-0.39, 0.29) is 29.8 Å². The molecule has 1 rings (SSSR count). The molecule has 0 atom stereocenters. The Labute approximate surface area is 138 Å². The fourth-order valence-corrected chi connectivity index (χ4v) is 1.76. The molecule has 0 aliphatic rings. The number of aliphatic imine (C=N–C) groups is 1. The van der Waals surface area contributed by atoms with Gasteiger partial charge in [-0.15, -0.1) is 24.0 Å². The zero-order valence-corrected chi connectivity index (χ0v) is 14.8. The van der Waals surface area contributed by atoms with E-state index in [4.69, 9.17) is 0 Å². The summed E-state index contributed by atoms with van der Waals surface area (Å²) in [6, 6.07) is 6.76. The molecule has 0 heterocycles. The summed E-state index contributed by atoms with van der Waals surface area (Å²) in [5.41, 5.74) is 0.646. The van der Waals surface area contributed by atoms with E-state index < -0.39 is 0 Å². The summed E-state index contributed by atoms with van der Waals surface area (Å²) in [6.45, 7) is 5.75. The Morgan fingerprint density at radius 1 is 1.25 bits per heavy atom. The van der Waals surface area contributed by atoms with Crippen LogP contribution in [-0.4, -0.2) is 19.6 Å². The van der Waals surface area contributed by atoms with E-state index in [1.54, 1.807) is 19.2 Å². The highest BCUT2D eigenvalue weighted by atomic mass is 127. The lowest BCUT2D eigenvalue weighted by molar-refractivity contribution is 0.549. The topological polar surface area (TPSA) is 36.4 Å². The highest BCUT2D eigenvalue weighted by Gasteiger charge is 2.02. The average molecular weight is 393 g/mol. The molecule has 0 amide bonds. The summed E-state index contributed by atoms with van der Waals surface area (Å²) in [5, 5.41) is 6.34. The van der Waals surface area contributed by atoms with Crippen LogP contribution in [0.2, 0.25) is 0 Å². The van der Waals surface area contributed by atoms with Crippen LogP contribution in [0.3, 0.4) is 0 Å². The van der Waals surface area contributed by atoms with Crippen molar-refractivity contribution in [1.29, 1.82) is 0 Å². The standard InChI is InChI=1S/C15H24FN3.HI/c1-12(2)7-6-10-18-15(17-3)19-11-13-8-4-5-9-14(13)16;/h4-5,8-9,12H,6-7,10-11H2,1-3H3,(H2,17,18,19);1H. The first kappa shape index (κ1) is 19.1. The monoisotopic (exact) mass is 393 g/mol. The quantitative estimate of drug-likeness (QED) is 0.336. The van der Waals surface area contributed by atoms with Crippen molar-refractivity contribution < 1.29 is 4.39 Å². The molecule has 0 aliphatic heterocycles. The fraction of sp³-hybridized carbons (Fsp3) is 0.533. The van der Waals surface area contributed by atoms with E-state index in [9.17, 15) is 4.39 Å². The summed E-state index contributed by atoms with van der Waals surface area (Å²) in [4.78, 5) is 4.12. The zero-order chi connectivity index (χ0) is 14.1. The number of hydrogen-bond acceptors (Lipinski definition) is 1. The molecule has 20 heavy (non-hydrogen) atoms. The maximum absolute atomic E-state index is 13.4. The van der Waals surface area contributed by atoms with Gasteiger partial charge in [0.15, 0.2) is 5.96 Å². The summed E-state index contributed by atoms with van der Waals surface area (Å²) >= 11 is 0. The van der Waals surface area contributed by atoms with Gasteiger partial charge in [0, 0.05) is 25.7 Å². The van der Waals surface area contributed by atoms with E-state index in [0.29, 0.717) is 18.1 Å². The molecule has 3 nitrogen and oxygen atoms in total. The smallest absolute Gasteiger partial charge is 0.191 e. The molecule has 0 aliphatic carbocycles. The van der Waals surface area contributed by atoms with Crippen molar-refractivity contribution in [3.8, 4) is 0 Å². The van der Waals surface area contributed by atoms with Gasteiger partial charge < -0.3 is 10.6 Å². The van der Waals surface area contributed by atoms with Crippen molar-refractivity contribution in [1.82, 2.24) is 10.6 Å². The highest BCUT2D eigenvalue weighted by molar-refractivity contribution is 14.0. The second-order valence-corrected chi connectivity index (χ2v) is 4.98. The Kier molecular flexibility index (Phi) is 10.4. The van der Waals surface area contributed by atoms with E-state index in [0.717, 1.165) is 18.9 Å². The van der Waals surface area contributed by atoms with Crippen molar-refractivity contribution in [3.05, 3.63) is 35.6 Å². The van der Waals surface area contributed by atoms with Crippen LogP contribution in [0, 0.1) is 11.7 Å². The Morgan fingerprint density at radius 2 is 1.95 bits per heavy atom. The summed E-state index contributed by atoms with van der Waals surface area (Å²) < 4.78 is 13.4. The maximum atomic E-state index is 13.4. The molecule has 0 fully saturated rings. The third-order valence-electron chi connectivity index (χ3n) is 2.88. The minimum atomic E-state index is -0.190. The van der Waals surface area contributed by atoms with Crippen LogP contribution in [0.4, 0.5) is 4.39 Å². The summed E-state index contributed by atoms with van der Waals surface area (Å²) in [6.07, 6.45) is 2.30. The first-order chi connectivity index (χ1) is 9.13. The predicted molar refractivity (Wildman–Crippen MR) is 94.1 cm³/mol. The number of hydrogen-bond donors (Lipinski definition) is 2. The molecule has 114 valence electrons. The minimum absolute atomic E-state index is 0. The van der Waals surface area contributed by atoms with Crippen molar-refractivity contribution in [2.24, 2.45) is 10.9 Å². The number of guanidine groups is 1. The highest BCUT2D eigenvalue weighted by Crippen LogP contribution is 2.05. The number of rotatable bonds is 6. The molecule has 1 aromatic rings. The van der Waals surface area contributed by atoms with Gasteiger partial charge in [0.05, 0.1) is 0 Å². The van der Waals surface area contributed by atoms with E-state index in [1.165, 1.54) is 12.5 Å². The van der Waals surface area contributed by atoms with Crippen LogP contribution in [0.15, 0.2) is 29.3 Å². The summed E-state index contributed by atoms with van der Waals surface area (Å²) in [5.74, 6) is 1.24. The molecule has 0 radical (unpaired) electrons. The number of nitrogens with one attached hydrogen (secondary N) is 2. The molecule has 0 saturated heterocycles. The molecule has 0 unspecified atom stereocenters.